The first-order valence-corrected chi connectivity index (χ1v) is 1.95. The van der Waals surface area contributed by atoms with Crippen LogP contribution in [0.1, 0.15) is 1.43 Å². The Morgan fingerprint density at radius 3 is 1.50 bits per heavy atom. The van der Waals surface area contributed by atoms with E-state index < -0.39 is 9.17 Å². The van der Waals surface area contributed by atoms with Crippen molar-refractivity contribution in [2.24, 2.45) is 0 Å². The van der Waals surface area contributed by atoms with Gasteiger partial charge in [-0.25, -0.2) is 0 Å². The second-order valence-corrected chi connectivity index (χ2v) is 0.848. The smallest absolute Gasteiger partial charge is 1.00 e. The van der Waals surface area contributed by atoms with Crippen molar-refractivity contribution in [2.75, 3.05) is 0 Å². The molecule has 4 nitrogen and oxygen atoms in total. The van der Waals surface area contributed by atoms with Crippen LogP contribution in [-0.4, -0.2) is 24.2 Å². The minimum atomic E-state index is -3.13. The van der Waals surface area contributed by atoms with Crippen LogP contribution in [0.5, 0.6) is 0 Å². The van der Waals surface area contributed by atoms with Crippen molar-refractivity contribution < 1.29 is 39.8 Å². The molecule has 0 saturated carbocycles. The van der Waals surface area contributed by atoms with Crippen LogP contribution in [0.2, 0.25) is 0 Å². The summed E-state index contributed by atoms with van der Waals surface area (Å²) in [5, 5.41) is 0. The van der Waals surface area contributed by atoms with Gasteiger partial charge in [-0.3, -0.25) is 4.46 Å². The molecule has 0 rings (SSSR count). The molecule has 0 aromatic carbocycles. The SMILES string of the molecule is O.O=[Si](O)O.[H-].[Li+]. The Balaban J connectivity index is -0.0000000150. The van der Waals surface area contributed by atoms with E-state index in [4.69, 9.17) is 14.1 Å². The summed E-state index contributed by atoms with van der Waals surface area (Å²) in [6.45, 7) is 0. The van der Waals surface area contributed by atoms with Crippen molar-refractivity contribution in [1.29, 1.82) is 0 Å². The van der Waals surface area contributed by atoms with Gasteiger partial charge in [0.2, 0.25) is 0 Å². The second-order valence-electron chi connectivity index (χ2n) is 0.283. The maximum absolute atomic E-state index is 8.74. The zero-order valence-electron chi connectivity index (χ0n) is 4.30. The van der Waals surface area contributed by atoms with Gasteiger partial charge in [-0.1, -0.05) is 0 Å². The molecule has 0 spiro atoms. The molecule has 0 saturated heterocycles. The van der Waals surface area contributed by atoms with E-state index >= 15 is 0 Å². The summed E-state index contributed by atoms with van der Waals surface area (Å²) in [6, 6.07) is 0. The molecule has 0 aromatic heterocycles. The monoisotopic (exact) mass is 104 g/mol. The van der Waals surface area contributed by atoms with Crippen LogP contribution >= 0.6 is 0 Å². The fraction of sp³-hybridized carbons (Fsp3) is 0. The van der Waals surface area contributed by atoms with Crippen LogP contribution in [0, 0.1) is 0 Å². The summed E-state index contributed by atoms with van der Waals surface area (Å²) >= 11 is 0. The topological polar surface area (TPSA) is 89.0 Å². The van der Waals surface area contributed by atoms with Crippen molar-refractivity contribution in [3.63, 3.8) is 0 Å². The molecule has 0 fully saturated rings. The van der Waals surface area contributed by atoms with Gasteiger partial charge < -0.3 is 16.5 Å². The van der Waals surface area contributed by atoms with Gasteiger partial charge in [0.1, 0.15) is 0 Å². The van der Waals surface area contributed by atoms with E-state index in [1.54, 1.807) is 0 Å². The Hall–Kier alpha value is 0.174. The van der Waals surface area contributed by atoms with E-state index in [0.717, 1.165) is 0 Å². The van der Waals surface area contributed by atoms with Crippen LogP contribution in [-0.2, 0) is 4.46 Å². The molecule has 34 valence electrons. The third kappa shape index (κ3) is 1380. The largest absolute Gasteiger partial charge is 1.00 e. The van der Waals surface area contributed by atoms with Gasteiger partial charge in [-0.2, -0.15) is 0 Å². The molecule has 0 aliphatic carbocycles. The summed E-state index contributed by atoms with van der Waals surface area (Å²) in [5.74, 6) is 0. The Labute approximate surface area is 49.7 Å². The fourth-order valence-corrected chi connectivity index (χ4v) is 0. The third-order valence-corrected chi connectivity index (χ3v) is 0. The van der Waals surface area contributed by atoms with Gasteiger partial charge in [0, 0.05) is 0 Å². The molecule has 0 bridgehead atoms. The van der Waals surface area contributed by atoms with Gasteiger partial charge in [0.25, 0.3) is 0 Å². The fourth-order valence-electron chi connectivity index (χ4n) is 0. The molecule has 0 amide bonds. The average molecular weight is 104 g/mol. The summed E-state index contributed by atoms with van der Waals surface area (Å²) in [7, 11) is -3.13. The molecule has 0 unspecified atom stereocenters. The van der Waals surface area contributed by atoms with Gasteiger partial charge in [-0.15, -0.1) is 0 Å². The number of hydrogen-bond acceptors (Lipinski definition) is 1. The van der Waals surface area contributed by atoms with E-state index in [1.807, 2.05) is 0 Å². The Morgan fingerprint density at radius 1 is 1.50 bits per heavy atom. The summed E-state index contributed by atoms with van der Waals surface area (Å²) in [5.41, 5.74) is 0. The van der Waals surface area contributed by atoms with Crippen LogP contribution in [0.15, 0.2) is 0 Å². The van der Waals surface area contributed by atoms with E-state index in [9.17, 15) is 0 Å². The van der Waals surface area contributed by atoms with E-state index in [2.05, 4.69) is 0 Å². The van der Waals surface area contributed by atoms with E-state index in [0.29, 0.717) is 0 Å². The molecule has 0 atom stereocenters. The first kappa shape index (κ1) is 16.4. The van der Waals surface area contributed by atoms with Gasteiger partial charge in [0.15, 0.2) is 0 Å². The predicted molar refractivity (Wildman–Crippen MR) is 15.6 cm³/mol. The van der Waals surface area contributed by atoms with Crippen LogP contribution in [0.25, 0.3) is 0 Å². The van der Waals surface area contributed by atoms with Crippen molar-refractivity contribution in [3.05, 3.63) is 0 Å². The van der Waals surface area contributed by atoms with E-state index in [-0.39, 0.29) is 25.8 Å². The Morgan fingerprint density at radius 2 is 1.50 bits per heavy atom. The molecule has 0 aliphatic rings. The molecule has 6 heavy (non-hydrogen) atoms. The van der Waals surface area contributed by atoms with Crippen molar-refractivity contribution in [2.45, 2.75) is 0 Å². The first-order valence-electron chi connectivity index (χ1n) is 0.651. The van der Waals surface area contributed by atoms with Crippen molar-refractivity contribution >= 4 is 9.17 Å². The molecule has 4 N–H and O–H groups in total. The zero-order valence-corrected chi connectivity index (χ0v) is 4.30. The zero-order chi connectivity index (χ0) is 3.58. The minimum Gasteiger partial charge on any atom is -1.00 e. The quantitative estimate of drug-likeness (QED) is 0.301. The first-order chi connectivity index (χ1) is 1.73. The standard InChI is InChI=1S/Li.H2O3Si.H2O.H/c;1-4(2)3;;/h;1-2H;1H2;/q+1;;;-1. The maximum Gasteiger partial charge on any atom is 1.00 e. The van der Waals surface area contributed by atoms with Gasteiger partial charge in [-0.05, 0) is 0 Å². The van der Waals surface area contributed by atoms with Crippen LogP contribution < -0.4 is 18.9 Å². The molecule has 6 heteroatoms. The Kier molecular flexibility index (Phi) is 24.5. The van der Waals surface area contributed by atoms with E-state index in [1.165, 1.54) is 0 Å². The number of rotatable bonds is 0. The van der Waals surface area contributed by atoms with Crippen molar-refractivity contribution in [3.8, 4) is 0 Å². The summed E-state index contributed by atoms with van der Waals surface area (Å²) < 4.78 is 8.74. The maximum atomic E-state index is 8.74. The Bertz CT molecular complexity index is 34.7. The van der Waals surface area contributed by atoms with Gasteiger partial charge in [0.05, 0.1) is 0 Å². The predicted octanol–water partition coefficient (Wildman–Crippen LogP) is -5.32. The van der Waals surface area contributed by atoms with Gasteiger partial charge >= 0.3 is 28.0 Å². The molecule has 0 aromatic rings. The average Bonchev–Trinajstić information content (AvgIpc) is 0.811. The third-order valence-electron chi connectivity index (χ3n) is 0. The normalized spacial score (nSPS) is 4.00. The minimum absolute atomic E-state index is 0. The summed E-state index contributed by atoms with van der Waals surface area (Å²) in [4.78, 5) is 14.3. The number of hydrogen-bond donors (Lipinski definition) is 2. The van der Waals surface area contributed by atoms with Crippen LogP contribution in [0.3, 0.4) is 0 Å². The van der Waals surface area contributed by atoms with Crippen molar-refractivity contribution in [1.82, 2.24) is 0 Å². The molecular formula is H5LiO4Si. The van der Waals surface area contributed by atoms with Crippen LogP contribution in [0.4, 0.5) is 0 Å². The molecule has 0 heterocycles. The summed E-state index contributed by atoms with van der Waals surface area (Å²) in [6.07, 6.45) is 0. The second kappa shape index (κ2) is 8.95. The molecular weight excluding hydrogens is 99.0 g/mol. The molecule has 0 aliphatic heterocycles. The molecule has 0 radical (unpaired) electrons.